The third kappa shape index (κ3) is 5.96. The Bertz CT molecular complexity index is 802. The highest BCUT2D eigenvalue weighted by Crippen LogP contribution is 2.59. The maximum atomic E-state index is 10.1. The summed E-state index contributed by atoms with van der Waals surface area (Å²) in [5.74, 6) is 8.24. The van der Waals surface area contributed by atoms with Crippen molar-refractivity contribution in [3.63, 3.8) is 0 Å². The first-order valence-electron chi connectivity index (χ1n) is 12.5. The van der Waals surface area contributed by atoms with Gasteiger partial charge in [-0.05, 0) is 93.6 Å². The Kier molecular flexibility index (Phi) is 8.13. The van der Waals surface area contributed by atoms with Gasteiger partial charge in [-0.25, -0.2) is 0 Å². The summed E-state index contributed by atoms with van der Waals surface area (Å²) in [7, 11) is 0. The molecule has 0 aliphatic heterocycles. The number of fused-ring (bicyclic) bond motifs is 1. The number of hydrogen-bond acceptors (Lipinski definition) is 3. The van der Waals surface area contributed by atoms with Crippen molar-refractivity contribution in [1.29, 1.82) is 0 Å². The average Bonchev–Trinajstić information content (AvgIpc) is 3.06. The molecule has 0 aromatic carbocycles. The van der Waals surface area contributed by atoms with Crippen molar-refractivity contribution in [2.45, 2.75) is 91.8 Å². The average molecular weight is 441 g/mol. The predicted molar refractivity (Wildman–Crippen MR) is 132 cm³/mol. The highest BCUT2D eigenvalue weighted by atomic mass is 16.5. The molecule has 0 saturated heterocycles. The van der Waals surface area contributed by atoms with Crippen LogP contribution in [0.4, 0.5) is 0 Å². The van der Waals surface area contributed by atoms with Gasteiger partial charge in [0.25, 0.3) is 0 Å². The molecule has 3 rings (SSSR count). The number of hydrogen-bond donors (Lipinski definition) is 2. The molecule has 3 heteroatoms. The molecule has 6 atom stereocenters. The lowest BCUT2D eigenvalue weighted by atomic mass is 9.61. The lowest BCUT2D eigenvalue weighted by Gasteiger charge is -2.44. The molecule has 3 nitrogen and oxygen atoms in total. The minimum Gasteiger partial charge on any atom is -0.393 e. The summed E-state index contributed by atoms with van der Waals surface area (Å²) in [6.45, 7) is 16.6. The van der Waals surface area contributed by atoms with Crippen LogP contribution in [0.15, 0.2) is 35.5 Å². The minimum absolute atomic E-state index is 0.0292. The number of ether oxygens (including phenoxy) is 1. The molecule has 0 bridgehead atoms. The zero-order valence-corrected chi connectivity index (χ0v) is 20.9. The van der Waals surface area contributed by atoms with E-state index in [2.05, 4.69) is 65.2 Å². The number of aliphatic hydroxyl groups excluding tert-OH is 2. The lowest BCUT2D eigenvalue weighted by molar-refractivity contribution is 0.0443. The van der Waals surface area contributed by atoms with Gasteiger partial charge in [-0.2, -0.15) is 0 Å². The number of allylic oxidation sites excluding steroid dienone is 3. The quantitative estimate of drug-likeness (QED) is 0.418. The van der Waals surface area contributed by atoms with Crippen molar-refractivity contribution in [2.75, 3.05) is 13.2 Å². The Morgan fingerprint density at radius 2 is 2.00 bits per heavy atom. The summed E-state index contributed by atoms with van der Waals surface area (Å²) in [4.78, 5) is 0. The van der Waals surface area contributed by atoms with Gasteiger partial charge in [0, 0.05) is 11.8 Å². The zero-order chi connectivity index (χ0) is 23.5. The molecule has 2 N–H and O–H groups in total. The normalized spacial score (nSPS) is 36.7. The maximum absolute atomic E-state index is 10.1. The first kappa shape index (κ1) is 25.3. The third-order valence-electron chi connectivity index (χ3n) is 8.01. The molecule has 0 aromatic rings. The molecule has 3 aliphatic carbocycles. The van der Waals surface area contributed by atoms with Crippen molar-refractivity contribution in [3.8, 4) is 11.8 Å². The van der Waals surface area contributed by atoms with Gasteiger partial charge in [0.15, 0.2) is 0 Å². The van der Waals surface area contributed by atoms with E-state index in [9.17, 15) is 10.2 Å². The Morgan fingerprint density at radius 3 is 2.72 bits per heavy atom. The van der Waals surface area contributed by atoms with Gasteiger partial charge < -0.3 is 14.9 Å². The molecule has 0 aromatic heterocycles. The summed E-state index contributed by atoms with van der Waals surface area (Å²) in [5.41, 5.74) is 3.67. The molecule has 0 unspecified atom stereocenters. The van der Waals surface area contributed by atoms with Gasteiger partial charge in [0.05, 0.1) is 18.8 Å². The van der Waals surface area contributed by atoms with Gasteiger partial charge in [-0.15, -0.1) is 0 Å². The second-order valence-corrected chi connectivity index (χ2v) is 11.7. The summed E-state index contributed by atoms with van der Waals surface area (Å²) < 4.78 is 5.96. The lowest BCUT2D eigenvalue weighted by Crippen LogP contribution is -2.37. The van der Waals surface area contributed by atoms with Crippen LogP contribution in [0.3, 0.4) is 0 Å². The van der Waals surface area contributed by atoms with Gasteiger partial charge in [0.2, 0.25) is 0 Å². The molecule has 0 heterocycles. The van der Waals surface area contributed by atoms with Crippen LogP contribution in [0.2, 0.25) is 0 Å². The number of rotatable bonds is 5. The van der Waals surface area contributed by atoms with Crippen LogP contribution in [0.5, 0.6) is 0 Å². The van der Waals surface area contributed by atoms with E-state index >= 15 is 0 Å². The SMILES string of the molecule is C=C1/C(=C\C=C2/CCC[C@]3(C)[C@@H]([C@H](C)COCC#CC(C)(C)C)CC[C@@H]23)C[C@@H](O)C[C@@H]1O. The molecular formula is C29H44O3. The standard InChI is InChI=1S/C29H44O3/c1-20(19-32-16-8-14-28(3,4)5)25-12-13-26-22(9-7-15-29(25,26)6)10-11-23-17-24(30)18-27(31)21(23)2/h10-11,20,24-27,30-31H,2,7,9,12-13,15-19H2,1,3-6H3/b22-10+,23-11-/t20-,24-,25-,26+,27+,29-/m1/s1. The predicted octanol–water partition coefficient (Wildman–Crippen LogP) is 5.83. The second-order valence-electron chi connectivity index (χ2n) is 11.7. The molecule has 32 heavy (non-hydrogen) atoms. The fraction of sp³-hybridized carbons (Fsp3) is 0.724. The van der Waals surface area contributed by atoms with Crippen LogP contribution in [0.1, 0.15) is 79.6 Å². The topological polar surface area (TPSA) is 49.7 Å². The molecule has 0 spiro atoms. The van der Waals surface area contributed by atoms with Gasteiger partial charge >= 0.3 is 0 Å². The summed E-state index contributed by atoms with van der Waals surface area (Å²) >= 11 is 0. The third-order valence-corrected chi connectivity index (χ3v) is 8.01. The van der Waals surface area contributed by atoms with Crippen LogP contribution in [0.25, 0.3) is 0 Å². The van der Waals surface area contributed by atoms with E-state index in [0.717, 1.165) is 24.2 Å². The summed E-state index contributed by atoms with van der Waals surface area (Å²) in [6, 6.07) is 0. The van der Waals surface area contributed by atoms with E-state index in [1.807, 2.05) is 0 Å². The highest BCUT2D eigenvalue weighted by Gasteiger charge is 2.50. The van der Waals surface area contributed by atoms with E-state index in [1.54, 1.807) is 5.57 Å². The minimum atomic E-state index is -0.621. The van der Waals surface area contributed by atoms with Crippen molar-refractivity contribution < 1.29 is 14.9 Å². The van der Waals surface area contributed by atoms with Crippen molar-refractivity contribution in [3.05, 3.63) is 35.5 Å². The molecular weight excluding hydrogens is 396 g/mol. The first-order valence-corrected chi connectivity index (χ1v) is 12.5. The number of aliphatic hydroxyl groups is 2. The van der Waals surface area contributed by atoms with Crippen LogP contribution in [0, 0.1) is 40.4 Å². The summed E-state index contributed by atoms with van der Waals surface area (Å²) in [6.07, 6.45) is 10.5. The van der Waals surface area contributed by atoms with Gasteiger partial charge in [-0.3, -0.25) is 0 Å². The van der Waals surface area contributed by atoms with E-state index in [0.29, 0.717) is 42.6 Å². The Labute approximate surface area is 196 Å². The Hall–Kier alpha value is -1.34. The fourth-order valence-corrected chi connectivity index (χ4v) is 6.39. The van der Waals surface area contributed by atoms with Crippen molar-refractivity contribution >= 4 is 0 Å². The smallest absolute Gasteiger partial charge is 0.107 e. The van der Waals surface area contributed by atoms with Crippen LogP contribution in [-0.4, -0.2) is 35.6 Å². The second kappa shape index (κ2) is 10.3. The van der Waals surface area contributed by atoms with E-state index in [-0.39, 0.29) is 5.41 Å². The van der Waals surface area contributed by atoms with Crippen molar-refractivity contribution in [2.24, 2.45) is 28.6 Å². The molecule has 0 amide bonds. The van der Waals surface area contributed by atoms with Gasteiger partial charge in [0.1, 0.15) is 6.61 Å². The van der Waals surface area contributed by atoms with E-state index < -0.39 is 12.2 Å². The molecule has 3 saturated carbocycles. The monoisotopic (exact) mass is 440 g/mol. The highest BCUT2D eigenvalue weighted by molar-refractivity contribution is 5.38. The molecule has 3 fully saturated rings. The van der Waals surface area contributed by atoms with Crippen molar-refractivity contribution in [1.82, 2.24) is 0 Å². The fourth-order valence-electron chi connectivity index (χ4n) is 6.39. The zero-order valence-electron chi connectivity index (χ0n) is 20.9. The molecule has 0 radical (unpaired) electrons. The maximum Gasteiger partial charge on any atom is 0.107 e. The van der Waals surface area contributed by atoms with Crippen LogP contribution in [-0.2, 0) is 4.74 Å². The Morgan fingerprint density at radius 1 is 1.25 bits per heavy atom. The van der Waals surface area contributed by atoms with E-state index in [1.165, 1.54) is 25.7 Å². The van der Waals surface area contributed by atoms with Gasteiger partial charge in [-0.1, -0.05) is 50.0 Å². The Balaban J connectivity index is 1.65. The molecule has 178 valence electrons. The first-order chi connectivity index (χ1) is 15.0. The summed E-state index contributed by atoms with van der Waals surface area (Å²) in [5, 5.41) is 20.2. The largest absolute Gasteiger partial charge is 0.393 e. The molecule has 3 aliphatic rings. The van der Waals surface area contributed by atoms with E-state index in [4.69, 9.17) is 4.74 Å². The van der Waals surface area contributed by atoms with Crippen LogP contribution >= 0.6 is 0 Å². The van der Waals surface area contributed by atoms with Crippen LogP contribution < -0.4 is 0 Å².